The molecule has 0 bridgehead atoms. The molecule has 4 heteroatoms. The van der Waals surface area contributed by atoms with Gasteiger partial charge in [-0.15, -0.1) is 0 Å². The van der Waals surface area contributed by atoms with E-state index >= 15 is 0 Å². The van der Waals surface area contributed by atoms with Crippen molar-refractivity contribution in [2.45, 2.75) is 24.8 Å². The molecule has 1 saturated carbocycles. The van der Waals surface area contributed by atoms with Gasteiger partial charge in [0.25, 0.3) is 0 Å². The minimum Gasteiger partial charge on any atom is -0.346 e. The summed E-state index contributed by atoms with van der Waals surface area (Å²) in [7, 11) is 1.80. The molecule has 0 aliphatic heterocycles. The smallest absolute Gasteiger partial charge is 0.221 e. The zero-order valence-corrected chi connectivity index (χ0v) is 9.92. The van der Waals surface area contributed by atoms with Crippen LogP contribution in [0, 0.1) is 5.82 Å². The van der Waals surface area contributed by atoms with Crippen molar-refractivity contribution in [1.82, 2.24) is 10.6 Å². The van der Waals surface area contributed by atoms with Crippen molar-refractivity contribution in [3.8, 4) is 0 Å². The molecule has 0 radical (unpaired) electrons. The topological polar surface area (TPSA) is 41.1 Å². The lowest BCUT2D eigenvalue weighted by Crippen LogP contribution is -2.36. The second kappa shape index (κ2) is 4.84. The van der Waals surface area contributed by atoms with Gasteiger partial charge in [0.1, 0.15) is 5.82 Å². The Kier molecular flexibility index (Phi) is 3.43. The van der Waals surface area contributed by atoms with Crippen LogP contribution in [-0.4, -0.2) is 19.5 Å². The van der Waals surface area contributed by atoms with Gasteiger partial charge in [-0.25, -0.2) is 4.39 Å². The van der Waals surface area contributed by atoms with Gasteiger partial charge < -0.3 is 10.6 Å². The molecule has 1 aliphatic carbocycles. The SMILES string of the molecule is CNCCC(=O)NC1(c2ccccc2F)CC1. The molecule has 3 nitrogen and oxygen atoms in total. The summed E-state index contributed by atoms with van der Waals surface area (Å²) in [5, 5.41) is 5.86. The van der Waals surface area contributed by atoms with E-state index in [0.29, 0.717) is 18.5 Å². The van der Waals surface area contributed by atoms with Gasteiger partial charge in [0.2, 0.25) is 5.91 Å². The maximum atomic E-state index is 13.7. The van der Waals surface area contributed by atoms with Gasteiger partial charge in [-0.3, -0.25) is 4.79 Å². The maximum absolute atomic E-state index is 13.7. The molecule has 0 spiro atoms. The minimum absolute atomic E-state index is 0.0277. The van der Waals surface area contributed by atoms with E-state index in [9.17, 15) is 9.18 Å². The summed E-state index contributed by atoms with van der Waals surface area (Å²) in [6.07, 6.45) is 2.06. The summed E-state index contributed by atoms with van der Waals surface area (Å²) < 4.78 is 13.7. The molecule has 1 aliphatic rings. The molecular formula is C13H17FN2O. The molecule has 92 valence electrons. The Morgan fingerprint density at radius 2 is 2.12 bits per heavy atom. The van der Waals surface area contributed by atoms with Crippen LogP contribution in [0.2, 0.25) is 0 Å². The Morgan fingerprint density at radius 3 is 2.71 bits per heavy atom. The van der Waals surface area contributed by atoms with Crippen LogP contribution in [0.15, 0.2) is 24.3 Å². The molecule has 0 unspecified atom stereocenters. The van der Waals surface area contributed by atoms with Crippen molar-refractivity contribution in [2.75, 3.05) is 13.6 Å². The Morgan fingerprint density at radius 1 is 1.41 bits per heavy atom. The van der Waals surface area contributed by atoms with Gasteiger partial charge in [0.05, 0.1) is 5.54 Å². The maximum Gasteiger partial charge on any atom is 0.221 e. The number of nitrogens with one attached hydrogen (secondary N) is 2. The second-order valence-corrected chi connectivity index (χ2v) is 4.46. The number of hydrogen-bond donors (Lipinski definition) is 2. The summed E-state index contributed by atoms with van der Waals surface area (Å²) in [6, 6.07) is 6.66. The summed E-state index contributed by atoms with van der Waals surface area (Å²) in [6.45, 7) is 0.638. The van der Waals surface area contributed by atoms with Crippen molar-refractivity contribution < 1.29 is 9.18 Å². The highest BCUT2D eigenvalue weighted by Gasteiger charge is 2.47. The van der Waals surface area contributed by atoms with Gasteiger partial charge in [-0.2, -0.15) is 0 Å². The summed E-state index contributed by atoms with van der Waals surface area (Å²) in [5.74, 6) is -0.265. The first kappa shape index (κ1) is 12.0. The largest absolute Gasteiger partial charge is 0.346 e. The van der Waals surface area contributed by atoms with Gasteiger partial charge in [0.15, 0.2) is 0 Å². The van der Waals surface area contributed by atoms with Crippen LogP contribution in [0.3, 0.4) is 0 Å². The average molecular weight is 236 g/mol. The lowest BCUT2D eigenvalue weighted by atomic mass is 10.0. The molecule has 2 rings (SSSR count). The standard InChI is InChI=1S/C13H17FN2O/c1-15-9-6-12(17)16-13(7-8-13)10-4-2-3-5-11(10)14/h2-5,15H,6-9H2,1H3,(H,16,17). The highest BCUT2D eigenvalue weighted by atomic mass is 19.1. The highest BCUT2D eigenvalue weighted by Crippen LogP contribution is 2.46. The third-order valence-electron chi connectivity index (χ3n) is 3.12. The fraction of sp³-hybridized carbons (Fsp3) is 0.462. The van der Waals surface area contributed by atoms with Crippen LogP contribution >= 0.6 is 0 Å². The fourth-order valence-electron chi connectivity index (χ4n) is 2.00. The van der Waals surface area contributed by atoms with E-state index in [2.05, 4.69) is 10.6 Å². The van der Waals surface area contributed by atoms with Crippen LogP contribution in [0.1, 0.15) is 24.8 Å². The van der Waals surface area contributed by atoms with Crippen LogP contribution in [0.4, 0.5) is 4.39 Å². The van der Waals surface area contributed by atoms with Crippen LogP contribution < -0.4 is 10.6 Å². The van der Waals surface area contributed by atoms with Crippen molar-refractivity contribution in [2.24, 2.45) is 0 Å². The van der Waals surface area contributed by atoms with Crippen LogP contribution in [0.5, 0.6) is 0 Å². The summed E-state index contributed by atoms with van der Waals surface area (Å²) >= 11 is 0. The lowest BCUT2D eigenvalue weighted by Gasteiger charge is -2.18. The number of rotatable bonds is 5. The monoisotopic (exact) mass is 236 g/mol. The molecule has 1 fully saturated rings. The predicted octanol–water partition coefficient (Wildman–Crippen LogP) is 1.54. The number of halogens is 1. The first-order chi connectivity index (χ1) is 8.18. The van der Waals surface area contributed by atoms with Gasteiger partial charge >= 0.3 is 0 Å². The first-order valence-electron chi connectivity index (χ1n) is 5.88. The minimum atomic E-state index is -0.448. The molecule has 2 N–H and O–H groups in total. The Balaban J connectivity index is 2.05. The normalized spacial score (nSPS) is 16.6. The Labute approximate surface area is 100 Å². The zero-order chi connectivity index (χ0) is 12.3. The molecule has 17 heavy (non-hydrogen) atoms. The summed E-state index contributed by atoms with van der Waals surface area (Å²) in [4.78, 5) is 11.7. The van der Waals surface area contributed by atoms with Crippen molar-refractivity contribution in [3.63, 3.8) is 0 Å². The molecule has 0 saturated heterocycles. The van der Waals surface area contributed by atoms with Crippen molar-refractivity contribution in [3.05, 3.63) is 35.6 Å². The van der Waals surface area contributed by atoms with E-state index in [-0.39, 0.29) is 11.7 Å². The molecule has 1 amide bonds. The molecular weight excluding hydrogens is 219 g/mol. The Bertz CT molecular complexity index is 416. The molecule has 0 aromatic heterocycles. The molecule has 0 atom stereocenters. The number of carbonyl (C=O) groups excluding carboxylic acids is 1. The van der Waals surface area contributed by atoms with E-state index in [1.165, 1.54) is 6.07 Å². The molecule has 1 aromatic rings. The van der Waals surface area contributed by atoms with E-state index in [1.807, 2.05) is 0 Å². The zero-order valence-electron chi connectivity index (χ0n) is 9.92. The van der Waals surface area contributed by atoms with Crippen LogP contribution in [0.25, 0.3) is 0 Å². The van der Waals surface area contributed by atoms with Crippen LogP contribution in [-0.2, 0) is 10.3 Å². The number of carbonyl (C=O) groups is 1. The third-order valence-corrected chi connectivity index (χ3v) is 3.12. The van der Waals surface area contributed by atoms with E-state index < -0.39 is 5.54 Å². The van der Waals surface area contributed by atoms with Crippen molar-refractivity contribution >= 4 is 5.91 Å². The fourth-order valence-corrected chi connectivity index (χ4v) is 2.00. The third kappa shape index (κ3) is 2.64. The summed E-state index contributed by atoms with van der Waals surface area (Å²) in [5.41, 5.74) is 0.161. The first-order valence-corrected chi connectivity index (χ1v) is 5.88. The quantitative estimate of drug-likeness (QED) is 0.814. The van der Waals surface area contributed by atoms with Gasteiger partial charge in [-0.1, -0.05) is 18.2 Å². The average Bonchev–Trinajstić information content (AvgIpc) is 3.07. The molecule has 0 heterocycles. The number of benzene rings is 1. The second-order valence-electron chi connectivity index (χ2n) is 4.46. The van der Waals surface area contributed by atoms with E-state index in [1.54, 1.807) is 25.2 Å². The lowest BCUT2D eigenvalue weighted by molar-refractivity contribution is -0.122. The van der Waals surface area contributed by atoms with Gasteiger partial charge in [0, 0.05) is 18.5 Å². The number of amides is 1. The van der Waals surface area contributed by atoms with E-state index in [4.69, 9.17) is 0 Å². The number of hydrogen-bond acceptors (Lipinski definition) is 2. The molecule has 1 aromatic carbocycles. The highest BCUT2D eigenvalue weighted by molar-refractivity contribution is 5.77. The predicted molar refractivity (Wildman–Crippen MR) is 64.0 cm³/mol. The Hall–Kier alpha value is -1.42. The van der Waals surface area contributed by atoms with Crippen molar-refractivity contribution in [1.29, 1.82) is 0 Å². The van der Waals surface area contributed by atoms with E-state index in [0.717, 1.165) is 12.8 Å². The van der Waals surface area contributed by atoms with Gasteiger partial charge in [-0.05, 0) is 26.0 Å².